The van der Waals surface area contributed by atoms with Crippen molar-refractivity contribution in [2.45, 2.75) is 0 Å². The second-order valence-electron chi connectivity index (χ2n) is 5.36. The number of nitrogens with zero attached hydrogens (tertiary/aromatic N) is 5. The van der Waals surface area contributed by atoms with Crippen LogP contribution in [-0.4, -0.2) is 45.9 Å². The van der Waals surface area contributed by atoms with E-state index in [1.807, 2.05) is 0 Å². The fourth-order valence-corrected chi connectivity index (χ4v) is 2.44. The van der Waals surface area contributed by atoms with E-state index in [0.717, 1.165) is 13.1 Å². The van der Waals surface area contributed by atoms with E-state index >= 15 is 0 Å². The second-order valence-corrected chi connectivity index (χ2v) is 5.36. The molecule has 0 bridgehead atoms. The Morgan fingerprint density at radius 2 is 1.96 bits per heavy atom. The summed E-state index contributed by atoms with van der Waals surface area (Å²) in [5.74, 6) is 6.74. The van der Waals surface area contributed by atoms with Crippen molar-refractivity contribution in [2.75, 3.05) is 31.2 Å². The lowest BCUT2D eigenvalue weighted by Crippen LogP contribution is -2.36. The van der Waals surface area contributed by atoms with E-state index < -0.39 is 0 Å². The number of ether oxygens (including phenoxy) is 1. The summed E-state index contributed by atoms with van der Waals surface area (Å²) in [7, 11) is 0. The molecule has 2 aromatic heterocycles. The summed E-state index contributed by atoms with van der Waals surface area (Å²) in [6.45, 7) is 2.88. The molecule has 0 unspecified atom stereocenters. The van der Waals surface area contributed by atoms with Crippen LogP contribution in [0.1, 0.15) is 11.1 Å². The summed E-state index contributed by atoms with van der Waals surface area (Å²) in [6, 6.07) is 6.17. The van der Waals surface area contributed by atoms with Crippen molar-refractivity contribution in [1.29, 1.82) is 0 Å². The third-order valence-corrected chi connectivity index (χ3v) is 3.65. The van der Waals surface area contributed by atoms with Gasteiger partial charge in [0, 0.05) is 31.0 Å². The minimum atomic E-state index is -0.304. The Morgan fingerprint density at radius 3 is 2.79 bits per heavy atom. The number of morpholine rings is 1. The smallest absolute Gasteiger partial charge is 0.254 e. The molecule has 0 atom stereocenters. The number of hydrogen-bond donors (Lipinski definition) is 0. The first kappa shape index (κ1) is 14.6. The summed E-state index contributed by atoms with van der Waals surface area (Å²) < 4.78 is 20.1. The van der Waals surface area contributed by atoms with Crippen LogP contribution < -0.4 is 4.90 Å². The lowest BCUT2D eigenvalue weighted by molar-refractivity contribution is 0.122. The maximum atomic E-state index is 13.2. The van der Waals surface area contributed by atoms with Crippen LogP contribution in [0.25, 0.3) is 5.78 Å². The average molecular weight is 323 g/mol. The Hall–Kier alpha value is -2.98. The third kappa shape index (κ3) is 3.05. The summed E-state index contributed by atoms with van der Waals surface area (Å²) in [4.78, 5) is 10.8. The van der Waals surface area contributed by atoms with Crippen LogP contribution in [-0.2, 0) is 4.74 Å². The molecule has 6 nitrogen and oxygen atoms in total. The van der Waals surface area contributed by atoms with E-state index in [2.05, 4.69) is 31.8 Å². The molecule has 120 valence electrons. The van der Waals surface area contributed by atoms with Gasteiger partial charge in [-0.3, -0.25) is 0 Å². The van der Waals surface area contributed by atoms with E-state index in [0.29, 0.717) is 36.1 Å². The largest absolute Gasteiger partial charge is 0.378 e. The SMILES string of the molecule is Fc1cccc(C#Cc2cnc3nc(N4CCOCC4)nn3c2)c1. The lowest BCUT2D eigenvalue weighted by Gasteiger charge is -2.25. The monoisotopic (exact) mass is 323 g/mol. The molecule has 0 radical (unpaired) electrons. The van der Waals surface area contributed by atoms with Crippen molar-refractivity contribution in [3.63, 3.8) is 0 Å². The van der Waals surface area contributed by atoms with Gasteiger partial charge in [0.25, 0.3) is 5.78 Å². The molecular weight excluding hydrogens is 309 g/mol. The number of rotatable bonds is 1. The van der Waals surface area contributed by atoms with Crippen LogP contribution in [0.15, 0.2) is 36.7 Å². The summed E-state index contributed by atoms with van der Waals surface area (Å²) in [6.07, 6.45) is 3.41. The van der Waals surface area contributed by atoms with Crippen molar-refractivity contribution >= 4 is 11.7 Å². The highest BCUT2D eigenvalue weighted by Crippen LogP contribution is 2.11. The Labute approximate surface area is 137 Å². The first-order chi connectivity index (χ1) is 11.8. The molecule has 0 N–H and O–H groups in total. The minimum Gasteiger partial charge on any atom is -0.378 e. The van der Waals surface area contributed by atoms with E-state index in [4.69, 9.17) is 4.74 Å². The molecule has 1 aliphatic heterocycles. The number of halogens is 1. The topological polar surface area (TPSA) is 55.5 Å². The summed E-state index contributed by atoms with van der Waals surface area (Å²) in [5, 5.41) is 4.45. The first-order valence-corrected chi connectivity index (χ1v) is 7.61. The standard InChI is InChI=1S/C17H14FN5O/c18-15-3-1-2-13(10-15)4-5-14-11-19-16-20-17(21-23(16)12-14)22-6-8-24-9-7-22/h1-3,10-12H,6-9H2. The Balaban J connectivity index is 1.61. The Kier molecular flexibility index (Phi) is 3.81. The molecule has 24 heavy (non-hydrogen) atoms. The molecule has 1 aromatic carbocycles. The molecule has 1 saturated heterocycles. The molecule has 0 amide bonds. The molecule has 3 aromatic rings. The predicted octanol–water partition coefficient (Wildman–Crippen LogP) is 1.50. The van der Waals surface area contributed by atoms with E-state index in [1.165, 1.54) is 12.1 Å². The number of anilines is 1. The fraction of sp³-hybridized carbons (Fsp3) is 0.235. The van der Waals surface area contributed by atoms with Crippen molar-refractivity contribution in [3.8, 4) is 11.8 Å². The fourth-order valence-electron chi connectivity index (χ4n) is 2.44. The molecule has 3 heterocycles. The van der Waals surface area contributed by atoms with Crippen LogP contribution >= 0.6 is 0 Å². The summed E-state index contributed by atoms with van der Waals surface area (Å²) >= 11 is 0. The van der Waals surface area contributed by atoms with E-state index in [-0.39, 0.29) is 5.82 Å². The normalized spacial score (nSPS) is 14.5. The molecule has 7 heteroatoms. The van der Waals surface area contributed by atoms with Gasteiger partial charge in [-0.15, -0.1) is 5.10 Å². The maximum Gasteiger partial charge on any atom is 0.254 e. The molecule has 0 saturated carbocycles. The zero-order chi connectivity index (χ0) is 16.4. The van der Waals surface area contributed by atoms with Crippen molar-refractivity contribution < 1.29 is 9.13 Å². The molecule has 4 rings (SSSR count). The van der Waals surface area contributed by atoms with E-state index in [1.54, 1.807) is 29.0 Å². The van der Waals surface area contributed by atoms with Crippen molar-refractivity contribution in [1.82, 2.24) is 19.6 Å². The van der Waals surface area contributed by atoms with Gasteiger partial charge in [0.1, 0.15) is 5.82 Å². The van der Waals surface area contributed by atoms with Gasteiger partial charge in [-0.05, 0) is 18.2 Å². The van der Waals surface area contributed by atoms with Gasteiger partial charge >= 0.3 is 0 Å². The molecule has 1 fully saturated rings. The van der Waals surface area contributed by atoms with Gasteiger partial charge in [0.2, 0.25) is 5.95 Å². The van der Waals surface area contributed by atoms with Crippen LogP contribution in [0, 0.1) is 17.7 Å². The predicted molar refractivity (Wildman–Crippen MR) is 86.2 cm³/mol. The van der Waals surface area contributed by atoms with Gasteiger partial charge in [-0.1, -0.05) is 17.9 Å². The minimum absolute atomic E-state index is 0.304. The quantitative estimate of drug-likeness (QED) is 0.635. The van der Waals surface area contributed by atoms with Gasteiger partial charge in [-0.25, -0.2) is 13.9 Å². The zero-order valence-corrected chi connectivity index (χ0v) is 12.8. The van der Waals surface area contributed by atoms with Crippen LogP contribution in [0.2, 0.25) is 0 Å². The number of fused-ring (bicyclic) bond motifs is 1. The lowest BCUT2D eigenvalue weighted by atomic mass is 10.2. The average Bonchev–Trinajstić information content (AvgIpc) is 3.04. The van der Waals surface area contributed by atoms with Crippen LogP contribution in [0.4, 0.5) is 10.3 Å². The highest BCUT2D eigenvalue weighted by atomic mass is 19.1. The van der Waals surface area contributed by atoms with E-state index in [9.17, 15) is 4.39 Å². The Bertz CT molecular complexity index is 937. The molecule has 1 aliphatic rings. The van der Waals surface area contributed by atoms with Crippen molar-refractivity contribution in [3.05, 3.63) is 53.6 Å². The van der Waals surface area contributed by atoms with Gasteiger partial charge in [0.15, 0.2) is 0 Å². The first-order valence-electron chi connectivity index (χ1n) is 7.61. The zero-order valence-electron chi connectivity index (χ0n) is 12.8. The Morgan fingerprint density at radius 1 is 1.12 bits per heavy atom. The van der Waals surface area contributed by atoms with Crippen LogP contribution in [0.3, 0.4) is 0 Å². The highest BCUT2D eigenvalue weighted by molar-refractivity contribution is 5.44. The second kappa shape index (κ2) is 6.26. The van der Waals surface area contributed by atoms with Gasteiger partial charge in [0.05, 0.1) is 18.8 Å². The number of aromatic nitrogens is 4. The number of hydrogen-bond acceptors (Lipinski definition) is 5. The molecule has 0 spiro atoms. The van der Waals surface area contributed by atoms with Gasteiger partial charge < -0.3 is 9.64 Å². The van der Waals surface area contributed by atoms with Gasteiger partial charge in [-0.2, -0.15) is 4.98 Å². The highest BCUT2D eigenvalue weighted by Gasteiger charge is 2.16. The number of benzene rings is 1. The summed E-state index contributed by atoms with van der Waals surface area (Å²) in [5.41, 5.74) is 1.30. The maximum absolute atomic E-state index is 13.2. The van der Waals surface area contributed by atoms with Crippen molar-refractivity contribution in [2.24, 2.45) is 0 Å². The third-order valence-electron chi connectivity index (χ3n) is 3.65. The molecule has 0 aliphatic carbocycles. The van der Waals surface area contributed by atoms with Crippen LogP contribution in [0.5, 0.6) is 0 Å². The molecular formula is C17H14FN5O.